The summed E-state index contributed by atoms with van der Waals surface area (Å²) in [5.74, 6) is 1.82. The highest BCUT2D eigenvalue weighted by Crippen LogP contribution is 2.22. The van der Waals surface area contributed by atoms with Gasteiger partial charge in [0.1, 0.15) is 17.1 Å². The Labute approximate surface area is 152 Å². The number of carbonyl (C=O) groups excluding carboxylic acids is 1. The lowest BCUT2D eigenvalue weighted by molar-refractivity contribution is -0.132. The van der Waals surface area contributed by atoms with Crippen molar-refractivity contribution in [3.63, 3.8) is 0 Å². The molecule has 26 heavy (non-hydrogen) atoms. The maximum atomic E-state index is 12.5. The third-order valence-electron chi connectivity index (χ3n) is 5.09. The van der Waals surface area contributed by atoms with Crippen LogP contribution in [0.2, 0.25) is 0 Å². The van der Waals surface area contributed by atoms with Crippen LogP contribution in [0.4, 0.5) is 0 Å². The zero-order valence-electron chi connectivity index (χ0n) is 15.2. The number of ether oxygens (including phenoxy) is 1. The van der Waals surface area contributed by atoms with E-state index < -0.39 is 0 Å². The first-order valence-corrected chi connectivity index (χ1v) is 9.16. The van der Waals surface area contributed by atoms with E-state index in [9.17, 15) is 9.59 Å². The summed E-state index contributed by atoms with van der Waals surface area (Å²) in [6.07, 6.45) is 3.82. The number of carbonyl (C=O) groups is 1. The lowest BCUT2D eigenvalue weighted by atomic mass is 9.93. The van der Waals surface area contributed by atoms with Crippen LogP contribution < -0.4 is 16.0 Å². The van der Waals surface area contributed by atoms with Gasteiger partial charge in [-0.05, 0) is 43.9 Å². The van der Waals surface area contributed by atoms with E-state index in [2.05, 4.69) is 9.97 Å². The Morgan fingerprint density at radius 1 is 1.38 bits per heavy atom. The van der Waals surface area contributed by atoms with Gasteiger partial charge in [-0.15, -0.1) is 0 Å². The van der Waals surface area contributed by atoms with Crippen LogP contribution in [0.15, 0.2) is 23.0 Å². The zero-order valence-corrected chi connectivity index (χ0v) is 15.2. The number of aryl methyl sites for hydroxylation is 1. The molecule has 1 aromatic heterocycles. The lowest BCUT2D eigenvalue weighted by Crippen LogP contribution is -2.39. The van der Waals surface area contributed by atoms with Gasteiger partial charge in [0.15, 0.2) is 0 Å². The molecule has 1 aliphatic heterocycles. The average Bonchev–Trinajstić information content (AvgIpc) is 2.66. The van der Waals surface area contributed by atoms with E-state index in [4.69, 9.17) is 10.5 Å². The molecule has 1 aliphatic rings. The van der Waals surface area contributed by atoms with Gasteiger partial charge in [0.25, 0.3) is 5.56 Å². The van der Waals surface area contributed by atoms with E-state index in [-0.39, 0.29) is 11.5 Å². The minimum Gasteiger partial charge on any atom is -0.494 e. The molecule has 0 spiro atoms. The van der Waals surface area contributed by atoms with Gasteiger partial charge in [-0.25, -0.2) is 4.98 Å². The topological polar surface area (TPSA) is 101 Å². The van der Waals surface area contributed by atoms with Crippen molar-refractivity contribution in [1.29, 1.82) is 0 Å². The van der Waals surface area contributed by atoms with Gasteiger partial charge in [0.2, 0.25) is 5.91 Å². The van der Waals surface area contributed by atoms with Gasteiger partial charge >= 0.3 is 0 Å². The second-order valence-electron chi connectivity index (χ2n) is 6.77. The maximum Gasteiger partial charge on any atom is 0.258 e. The Hall–Kier alpha value is -2.41. The molecule has 0 radical (unpaired) electrons. The van der Waals surface area contributed by atoms with Gasteiger partial charge in [-0.2, -0.15) is 0 Å². The first kappa shape index (κ1) is 18.4. The van der Waals surface area contributed by atoms with E-state index in [0.29, 0.717) is 47.8 Å². The number of H-pyrrole nitrogens is 1. The van der Waals surface area contributed by atoms with Gasteiger partial charge in [0, 0.05) is 25.9 Å². The molecule has 1 amide bonds. The highest BCUT2D eigenvalue weighted by molar-refractivity contribution is 5.83. The molecule has 1 fully saturated rings. The third kappa shape index (κ3) is 4.04. The number of aromatic nitrogens is 2. The molecule has 0 atom stereocenters. The van der Waals surface area contributed by atoms with E-state index >= 15 is 0 Å². The number of para-hydroxylation sites is 1. The first-order valence-electron chi connectivity index (χ1n) is 9.16. The number of benzene rings is 1. The van der Waals surface area contributed by atoms with Crippen molar-refractivity contribution in [1.82, 2.24) is 14.9 Å². The smallest absolute Gasteiger partial charge is 0.258 e. The minimum atomic E-state index is -0.209. The number of nitrogens with two attached hydrogens (primary N) is 1. The van der Waals surface area contributed by atoms with Crippen molar-refractivity contribution in [3.05, 3.63) is 34.4 Å². The molecule has 2 aromatic rings. The Morgan fingerprint density at radius 2 is 2.15 bits per heavy atom. The molecular formula is C19H26N4O3. The molecule has 2 heterocycles. The molecule has 1 saturated heterocycles. The van der Waals surface area contributed by atoms with Crippen molar-refractivity contribution in [3.8, 4) is 5.75 Å². The number of piperidine rings is 1. The van der Waals surface area contributed by atoms with Crippen LogP contribution in [0, 0.1) is 5.92 Å². The van der Waals surface area contributed by atoms with Gasteiger partial charge in [-0.3, -0.25) is 9.59 Å². The predicted octanol–water partition coefficient (Wildman–Crippen LogP) is 1.45. The molecule has 0 unspecified atom stereocenters. The summed E-state index contributed by atoms with van der Waals surface area (Å²) in [4.78, 5) is 33.9. The fraction of sp³-hybridized carbons (Fsp3) is 0.526. The summed E-state index contributed by atoms with van der Waals surface area (Å²) >= 11 is 0. The normalized spacial score (nSPS) is 15.4. The maximum absolute atomic E-state index is 12.5. The fourth-order valence-electron chi connectivity index (χ4n) is 3.56. The van der Waals surface area contributed by atoms with Crippen LogP contribution in [-0.2, 0) is 11.2 Å². The van der Waals surface area contributed by atoms with E-state index in [1.54, 1.807) is 25.3 Å². The standard InChI is InChI=1S/C19H26N4O3/c1-26-15-4-2-3-14-18(15)21-16(22-19(14)25)5-6-17(24)23-11-8-13(7-10-20)9-12-23/h2-4,13H,5-12,20H2,1H3,(H,21,22,25). The molecule has 0 aliphatic carbocycles. The highest BCUT2D eigenvalue weighted by Gasteiger charge is 2.22. The number of rotatable bonds is 6. The van der Waals surface area contributed by atoms with Gasteiger partial charge in [0.05, 0.1) is 12.5 Å². The molecule has 3 N–H and O–H groups in total. The summed E-state index contributed by atoms with van der Waals surface area (Å²) in [6.45, 7) is 2.29. The Morgan fingerprint density at radius 3 is 2.85 bits per heavy atom. The number of amides is 1. The SMILES string of the molecule is COc1cccc2c(=O)[nH]c(CCC(=O)N3CCC(CCN)CC3)nc12. The van der Waals surface area contributed by atoms with Crippen molar-refractivity contribution < 1.29 is 9.53 Å². The molecule has 3 rings (SSSR count). The summed E-state index contributed by atoms with van der Waals surface area (Å²) in [5, 5.41) is 0.487. The number of nitrogens with zero attached hydrogens (tertiary/aromatic N) is 2. The van der Waals surface area contributed by atoms with Crippen LogP contribution in [0.3, 0.4) is 0 Å². The summed E-state index contributed by atoms with van der Waals surface area (Å²) < 4.78 is 5.29. The summed E-state index contributed by atoms with van der Waals surface area (Å²) in [5.41, 5.74) is 5.93. The zero-order chi connectivity index (χ0) is 18.5. The minimum absolute atomic E-state index is 0.110. The highest BCUT2D eigenvalue weighted by atomic mass is 16.5. The second kappa shape index (κ2) is 8.31. The van der Waals surface area contributed by atoms with Crippen molar-refractivity contribution in [2.45, 2.75) is 32.1 Å². The number of hydrogen-bond acceptors (Lipinski definition) is 5. The van der Waals surface area contributed by atoms with Crippen LogP contribution in [0.5, 0.6) is 5.75 Å². The van der Waals surface area contributed by atoms with E-state index in [1.165, 1.54) is 0 Å². The quantitative estimate of drug-likeness (QED) is 0.814. The fourth-order valence-corrected chi connectivity index (χ4v) is 3.56. The molecule has 0 saturated carbocycles. The molecule has 1 aromatic carbocycles. The number of fused-ring (bicyclic) bond motifs is 1. The number of aromatic amines is 1. The molecule has 140 valence electrons. The summed E-state index contributed by atoms with van der Waals surface area (Å²) in [7, 11) is 1.55. The summed E-state index contributed by atoms with van der Waals surface area (Å²) in [6, 6.07) is 5.24. The number of likely N-dealkylation sites (tertiary alicyclic amines) is 1. The van der Waals surface area contributed by atoms with Gasteiger partial charge < -0.3 is 20.4 Å². The Balaban J connectivity index is 1.65. The second-order valence-corrected chi connectivity index (χ2v) is 6.77. The molecule has 0 bridgehead atoms. The Bertz CT molecular complexity index is 825. The Kier molecular flexibility index (Phi) is 5.88. The average molecular weight is 358 g/mol. The van der Waals surface area contributed by atoms with Crippen LogP contribution in [0.1, 0.15) is 31.5 Å². The first-order chi connectivity index (χ1) is 12.6. The van der Waals surface area contributed by atoms with Crippen LogP contribution in [0.25, 0.3) is 10.9 Å². The number of nitrogens with one attached hydrogen (secondary N) is 1. The molecule has 7 nitrogen and oxygen atoms in total. The van der Waals surface area contributed by atoms with E-state index in [1.807, 2.05) is 4.90 Å². The number of hydrogen-bond donors (Lipinski definition) is 2. The van der Waals surface area contributed by atoms with Crippen LogP contribution >= 0.6 is 0 Å². The van der Waals surface area contributed by atoms with Crippen molar-refractivity contribution in [2.75, 3.05) is 26.7 Å². The largest absolute Gasteiger partial charge is 0.494 e. The third-order valence-corrected chi connectivity index (χ3v) is 5.09. The molecular weight excluding hydrogens is 332 g/mol. The molecule has 7 heteroatoms. The predicted molar refractivity (Wildman–Crippen MR) is 100 cm³/mol. The lowest BCUT2D eigenvalue weighted by Gasteiger charge is -2.32. The monoisotopic (exact) mass is 358 g/mol. The van der Waals surface area contributed by atoms with Gasteiger partial charge in [-0.1, -0.05) is 6.07 Å². The van der Waals surface area contributed by atoms with Crippen molar-refractivity contribution >= 4 is 16.8 Å². The van der Waals surface area contributed by atoms with Crippen molar-refractivity contribution in [2.24, 2.45) is 11.7 Å². The van der Waals surface area contributed by atoms with E-state index in [0.717, 1.165) is 32.4 Å². The van der Waals surface area contributed by atoms with Crippen LogP contribution in [-0.4, -0.2) is 47.5 Å². The number of methoxy groups -OCH3 is 1.